The normalized spacial score (nSPS) is 14.5. The van der Waals surface area contributed by atoms with Crippen molar-refractivity contribution in [1.82, 2.24) is 0 Å². The van der Waals surface area contributed by atoms with Gasteiger partial charge in [-0.3, -0.25) is 32.5 Å². The summed E-state index contributed by atoms with van der Waals surface area (Å²) in [6.45, 7) is 2.53. The number of esters is 3. The van der Waals surface area contributed by atoms with Crippen LogP contribution in [0.1, 0.15) is 393 Å². The average Bonchev–Trinajstić information content (AvgIpc) is 0.899. The second-order valence-electron chi connectivity index (χ2n) is 31.1. The third-order valence-electron chi connectivity index (χ3n) is 19.7. The molecule has 5 unspecified atom stereocenters. The Kier molecular flexibility index (Phi) is 86.7. The molecule has 0 aliphatic heterocycles. The van der Waals surface area contributed by atoms with Crippen LogP contribution in [0.5, 0.6) is 0 Å². The Morgan fingerprint density at radius 1 is 0.248 bits per heavy atom. The van der Waals surface area contributed by atoms with Crippen molar-refractivity contribution in [2.24, 2.45) is 0 Å². The minimum atomic E-state index is -4.95. The lowest BCUT2D eigenvalue weighted by molar-refractivity contribution is -0.161. The van der Waals surface area contributed by atoms with Gasteiger partial charge in [-0.05, 0) is 154 Å². The minimum Gasteiger partial charge on any atom is -0.463 e. The largest absolute Gasteiger partial charge is 0.472 e. The van der Waals surface area contributed by atoms with Gasteiger partial charge in [0.15, 0.2) is 6.10 Å². The van der Waals surface area contributed by atoms with E-state index in [1.165, 1.54) is 154 Å². The minimum absolute atomic E-state index is 0.0854. The molecule has 0 aromatic carbocycles. The molecule has 0 saturated heterocycles. The number of carbonyl (C=O) groups excluding carboxylic acids is 3. The summed E-state index contributed by atoms with van der Waals surface area (Å²) in [4.78, 5) is 59.0. The van der Waals surface area contributed by atoms with Gasteiger partial charge in [-0.1, -0.05) is 378 Å². The SMILES string of the molecule is CC/C=C\C/C=C\C/C=C\C/C=C\C/C=C\CCCCCCCCCC(=O)OCC(COP(=O)(O)OCC(O)COP(=O)(O)OCC(O)COC(=O)CCCCCCCCCCCCCCCCCCCCC/C=C\C/C=C\C/C=C\C/C=C\CCCCC)OC(=O)CCCCCCCCC/C=C\C/C=C\C/C=C\C/C=C\CCCCC. The Balaban J connectivity index is 4.55. The van der Waals surface area contributed by atoms with Gasteiger partial charge in [0.25, 0.3) is 0 Å². The lowest BCUT2D eigenvalue weighted by Gasteiger charge is -2.21. The molecule has 5 atom stereocenters. The molecule has 672 valence electrons. The van der Waals surface area contributed by atoms with Crippen molar-refractivity contribution in [3.05, 3.63) is 158 Å². The van der Waals surface area contributed by atoms with E-state index in [0.717, 1.165) is 180 Å². The monoisotopic (exact) mass is 1680 g/mol. The molecule has 0 heterocycles. The first kappa shape index (κ1) is 112. The molecule has 0 spiro atoms. The summed E-state index contributed by atoms with van der Waals surface area (Å²) in [7, 11) is -9.82. The van der Waals surface area contributed by atoms with E-state index in [1.54, 1.807) is 0 Å². The van der Waals surface area contributed by atoms with Gasteiger partial charge in [-0.2, -0.15) is 0 Å². The second-order valence-corrected chi connectivity index (χ2v) is 34.0. The number of hydrogen-bond acceptors (Lipinski definition) is 14. The molecule has 18 heteroatoms. The van der Waals surface area contributed by atoms with E-state index in [-0.39, 0.29) is 19.3 Å². The van der Waals surface area contributed by atoms with Crippen molar-refractivity contribution in [3.8, 4) is 0 Å². The summed E-state index contributed by atoms with van der Waals surface area (Å²) in [6, 6.07) is 0. The third-order valence-corrected chi connectivity index (χ3v) is 21.6. The predicted octanol–water partition coefficient (Wildman–Crippen LogP) is 28.9. The molecule has 0 fully saturated rings. The van der Waals surface area contributed by atoms with Gasteiger partial charge in [0.2, 0.25) is 0 Å². The van der Waals surface area contributed by atoms with Crippen LogP contribution in [0.15, 0.2) is 158 Å². The van der Waals surface area contributed by atoms with Crippen LogP contribution in [-0.2, 0) is 55.8 Å². The van der Waals surface area contributed by atoms with Crippen LogP contribution in [-0.4, -0.2) is 95.9 Å². The number of rotatable bonds is 88. The maximum absolute atomic E-state index is 13.1. The summed E-state index contributed by atoms with van der Waals surface area (Å²) in [6.07, 6.45) is 116. The van der Waals surface area contributed by atoms with Gasteiger partial charge in [-0.15, -0.1) is 0 Å². The van der Waals surface area contributed by atoms with E-state index in [1.807, 2.05) is 0 Å². The van der Waals surface area contributed by atoms with Crippen LogP contribution in [0, 0.1) is 0 Å². The number of hydrogen-bond donors (Lipinski definition) is 4. The second kappa shape index (κ2) is 90.4. The zero-order chi connectivity index (χ0) is 85.1. The smallest absolute Gasteiger partial charge is 0.463 e. The quantitative estimate of drug-likeness (QED) is 0.0146. The first-order valence-electron chi connectivity index (χ1n) is 46.8. The zero-order valence-corrected chi connectivity index (χ0v) is 75.9. The Morgan fingerprint density at radius 3 is 0.718 bits per heavy atom. The van der Waals surface area contributed by atoms with Crippen molar-refractivity contribution in [2.75, 3.05) is 39.6 Å². The lowest BCUT2D eigenvalue weighted by Crippen LogP contribution is -2.30. The molecule has 4 N–H and O–H groups in total. The highest BCUT2D eigenvalue weighted by molar-refractivity contribution is 7.47. The molecule has 0 rings (SSSR count). The standard InChI is InChI=1S/C99H170O16P2/c1-4-7-10-13-16-19-22-25-28-31-34-37-40-41-42-43-44-45-46-47-48-49-50-51-54-56-58-61-64-67-70-73-76-79-82-85-97(102)109-88-94(100)89-111-116(105,106)112-90-95(101)91-113-117(107,108)114-93-96(115-99(104)87-84-81-78-75-72-69-66-63-60-57-53-39-36-33-30-27-24-21-18-15-12-9-6-3)92-110-98(103)86-83-80-77-74-71-68-65-62-59-55-52-38-35-32-29-26-23-20-17-14-11-8-5-2/h8,11,16-21,25-30,34-39,41-42,55,57,59-60,94-96,100-101H,4-7,9-10,12-15,22-24,31-33,40,43-54,56,58,61-93H2,1-3H3,(H,105,106)(H,107,108)/b11-8-,19-16-,20-17-,21-18-,28-25-,29-26-,30-27-,37-34-,38-35-,39-36-,42-41-,59-55-,60-57-. The molecule has 0 aromatic heterocycles. The summed E-state index contributed by atoms with van der Waals surface area (Å²) in [5.41, 5.74) is 0. The van der Waals surface area contributed by atoms with E-state index in [2.05, 4.69) is 179 Å². The summed E-state index contributed by atoms with van der Waals surface area (Å²) in [5, 5.41) is 20.7. The number of phosphoric ester groups is 2. The zero-order valence-electron chi connectivity index (χ0n) is 74.1. The number of ether oxygens (including phenoxy) is 3. The molecule has 0 amide bonds. The first-order valence-corrected chi connectivity index (χ1v) is 49.8. The summed E-state index contributed by atoms with van der Waals surface area (Å²) < 4.78 is 61.5. The first-order chi connectivity index (χ1) is 57.2. The summed E-state index contributed by atoms with van der Waals surface area (Å²) in [5.74, 6) is -1.59. The van der Waals surface area contributed by atoms with Crippen molar-refractivity contribution in [1.29, 1.82) is 0 Å². The molecule has 0 bridgehead atoms. The number of aliphatic hydroxyl groups is 2. The van der Waals surface area contributed by atoms with Crippen LogP contribution < -0.4 is 0 Å². The molecule has 0 aliphatic carbocycles. The van der Waals surface area contributed by atoms with Gasteiger partial charge in [0.05, 0.1) is 26.4 Å². The maximum atomic E-state index is 13.1. The Labute approximate surface area is 714 Å². The van der Waals surface area contributed by atoms with Crippen LogP contribution in [0.25, 0.3) is 0 Å². The van der Waals surface area contributed by atoms with Crippen LogP contribution >= 0.6 is 15.6 Å². The van der Waals surface area contributed by atoms with Crippen molar-refractivity contribution in [3.63, 3.8) is 0 Å². The van der Waals surface area contributed by atoms with Gasteiger partial charge in [-0.25, -0.2) is 9.13 Å². The van der Waals surface area contributed by atoms with E-state index >= 15 is 0 Å². The topological polar surface area (TPSA) is 231 Å². The van der Waals surface area contributed by atoms with Crippen LogP contribution in [0.4, 0.5) is 0 Å². The maximum Gasteiger partial charge on any atom is 0.472 e. The highest BCUT2D eigenvalue weighted by Gasteiger charge is 2.29. The number of unbranched alkanes of at least 4 members (excludes halogenated alkanes) is 39. The fraction of sp³-hybridized carbons (Fsp3) is 0.707. The summed E-state index contributed by atoms with van der Waals surface area (Å²) >= 11 is 0. The highest BCUT2D eigenvalue weighted by Crippen LogP contribution is 2.45. The number of allylic oxidation sites excluding steroid dienone is 26. The van der Waals surface area contributed by atoms with Gasteiger partial charge < -0.3 is 34.2 Å². The number of aliphatic hydroxyl groups excluding tert-OH is 2. The molecular formula is C99H170O16P2. The van der Waals surface area contributed by atoms with E-state index in [9.17, 15) is 43.5 Å². The molecule has 16 nitrogen and oxygen atoms in total. The van der Waals surface area contributed by atoms with E-state index in [0.29, 0.717) is 19.3 Å². The molecular weight excluding hydrogens is 1510 g/mol. The van der Waals surface area contributed by atoms with Crippen molar-refractivity contribution < 1.29 is 75.8 Å². The van der Waals surface area contributed by atoms with E-state index < -0.39 is 91.5 Å². The Morgan fingerprint density at radius 2 is 0.453 bits per heavy atom. The van der Waals surface area contributed by atoms with Crippen molar-refractivity contribution >= 4 is 33.6 Å². The van der Waals surface area contributed by atoms with Crippen LogP contribution in [0.2, 0.25) is 0 Å². The Bertz CT molecular complexity index is 2760. The molecule has 0 aromatic rings. The van der Waals surface area contributed by atoms with Crippen LogP contribution in [0.3, 0.4) is 0 Å². The Hall–Kier alpha value is -4.83. The van der Waals surface area contributed by atoms with Crippen molar-refractivity contribution in [2.45, 2.75) is 411 Å². The fourth-order valence-electron chi connectivity index (χ4n) is 12.6. The van der Waals surface area contributed by atoms with Gasteiger partial charge in [0, 0.05) is 19.3 Å². The average molecular weight is 1680 g/mol. The third kappa shape index (κ3) is 91.7. The lowest BCUT2D eigenvalue weighted by atomic mass is 10.0. The molecule has 0 radical (unpaired) electrons. The number of carbonyl (C=O) groups is 3. The molecule has 0 aliphatic rings. The highest BCUT2D eigenvalue weighted by atomic mass is 31.2. The molecule has 0 saturated carbocycles. The van der Waals surface area contributed by atoms with Gasteiger partial charge in [0.1, 0.15) is 25.4 Å². The van der Waals surface area contributed by atoms with E-state index in [4.69, 9.17) is 32.3 Å². The number of phosphoric acid groups is 2. The predicted molar refractivity (Wildman–Crippen MR) is 491 cm³/mol. The molecule has 117 heavy (non-hydrogen) atoms. The van der Waals surface area contributed by atoms with Gasteiger partial charge >= 0.3 is 33.6 Å². The fourth-order valence-corrected chi connectivity index (χ4v) is 14.2.